The van der Waals surface area contributed by atoms with Crippen molar-refractivity contribution in [3.05, 3.63) is 53.9 Å². The van der Waals surface area contributed by atoms with E-state index >= 15 is 0 Å². The minimum absolute atomic E-state index is 0.685. The Morgan fingerprint density at radius 2 is 2.00 bits per heavy atom. The zero-order valence-corrected chi connectivity index (χ0v) is 9.14. The summed E-state index contributed by atoms with van der Waals surface area (Å²) in [4.78, 5) is 0. The molecular formula is C13H13N3. The summed E-state index contributed by atoms with van der Waals surface area (Å²) in [6, 6.07) is 11.6. The Bertz CT molecular complexity index is 503. The number of nitriles is 1. The fourth-order valence-corrected chi connectivity index (χ4v) is 1.53. The molecule has 16 heavy (non-hydrogen) atoms. The van der Waals surface area contributed by atoms with Crippen LogP contribution in [0.5, 0.6) is 0 Å². The number of aryl methyl sites for hydroxylation is 1. The molecule has 3 nitrogen and oxygen atoms in total. The summed E-state index contributed by atoms with van der Waals surface area (Å²) in [6.07, 6.45) is 4.10. The molecule has 0 fully saturated rings. The maximum Gasteiger partial charge on any atom is 0.0991 e. The third-order valence-electron chi connectivity index (χ3n) is 2.40. The second-order valence-electron chi connectivity index (χ2n) is 3.73. The van der Waals surface area contributed by atoms with Crippen molar-refractivity contribution in [2.24, 2.45) is 7.05 Å². The highest BCUT2D eigenvalue weighted by Gasteiger charge is 1.95. The minimum Gasteiger partial charge on any atom is -0.381 e. The molecule has 1 N–H and O–H groups in total. The zero-order chi connectivity index (χ0) is 11.4. The van der Waals surface area contributed by atoms with Gasteiger partial charge in [0.25, 0.3) is 0 Å². The van der Waals surface area contributed by atoms with Crippen molar-refractivity contribution >= 4 is 5.69 Å². The topological polar surface area (TPSA) is 40.8 Å². The number of anilines is 1. The van der Waals surface area contributed by atoms with Crippen LogP contribution in [0.15, 0.2) is 42.7 Å². The molecule has 0 atom stereocenters. The SMILES string of the molecule is Cn1ccc(CNc2ccc(C#N)cc2)c1. The van der Waals surface area contributed by atoms with Crippen LogP contribution in [0.4, 0.5) is 5.69 Å². The summed E-state index contributed by atoms with van der Waals surface area (Å²) in [5, 5.41) is 12.0. The van der Waals surface area contributed by atoms with Crippen LogP contribution < -0.4 is 5.32 Å². The van der Waals surface area contributed by atoms with Crippen LogP contribution >= 0.6 is 0 Å². The van der Waals surface area contributed by atoms with Crippen molar-refractivity contribution in [3.63, 3.8) is 0 Å². The van der Waals surface area contributed by atoms with Crippen LogP contribution in [0.25, 0.3) is 0 Å². The maximum atomic E-state index is 8.67. The molecule has 0 aliphatic rings. The van der Waals surface area contributed by atoms with Crippen molar-refractivity contribution < 1.29 is 0 Å². The van der Waals surface area contributed by atoms with Gasteiger partial charge in [-0.3, -0.25) is 0 Å². The Morgan fingerprint density at radius 3 is 2.56 bits per heavy atom. The van der Waals surface area contributed by atoms with E-state index in [-0.39, 0.29) is 0 Å². The van der Waals surface area contributed by atoms with Gasteiger partial charge in [0.15, 0.2) is 0 Å². The molecule has 0 saturated heterocycles. The standard InChI is InChI=1S/C13H13N3/c1-16-7-6-12(10-16)9-15-13-4-2-11(8-14)3-5-13/h2-7,10,15H,9H2,1H3. The van der Waals surface area contributed by atoms with E-state index in [0.717, 1.165) is 12.2 Å². The van der Waals surface area contributed by atoms with E-state index in [0.29, 0.717) is 5.56 Å². The first-order valence-electron chi connectivity index (χ1n) is 5.13. The lowest BCUT2D eigenvalue weighted by Gasteiger charge is -2.04. The first-order chi connectivity index (χ1) is 7.78. The fourth-order valence-electron chi connectivity index (χ4n) is 1.53. The van der Waals surface area contributed by atoms with E-state index in [2.05, 4.69) is 23.6 Å². The molecule has 3 heteroatoms. The molecule has 0 saturated carbocycles. The number of rotatable bonds is 3. The van der Waals surface area contributed by atoms with Crippen LogP contribution in [-0.4, -0.2) is 4.57 Å². The maximum absolute atomic E-state index is 8.67. The molecular weight excluding hydrogens is 198 g/mol. The van der Waals surface area contributed by atoms with Crippen molar-refractivity contribution in [2.75, 3.05) is 5.32 Å². The fraction of sp³-hybridized carbons (Fsp3) is 0.154. The lowest BCUT2D eigenvalue weighted by Crippen LogP contribution is -1.98. The quantitative estimate of drug-likeness (QED) is 0.847. The Hall–Kier alpha value is -2.21. The third-order valence-corrected chi connectivity index (χ3v) is 2.40. The summed E-state index contributed by atoms with van der Waals surface area (Å²) in [7, 11) is 2.01. The smallest absolute Gasteiger partial charge is 0.0991 e. The average molecular weight is 211 g/mol. The third kappa shape index (κ3) is 2.43. The minimum atomic E-state index is 0.685. The second-order valence-corrected chi connectivity index (χ2v) is 3.73. The van der Waals surface area contributed by atoms with Crippen LogP contribution in [0, 0.1) is 11.3 Å². The largest absolute Gasteiger partial charge is 0.381 e. The predicted molar refractivity (Wildman–Crippen MR) is 63.9 cm³/mol. The summed E-state index contributed by atoms with van der Waals surface area (Å²) < 4.78 is 2.02. The molecule has 0 unspecified atom stereocenters. The van der Waals surface area contributed by atoms with Gasteiger partial charge in [-0.05, 0) is 35.9 Å². The van der Waals surface area contributed by atoms with Gasteiger partial charge in [0.05, 0.1) is 11.6 Å². The van der Waals surface area contributed by atoms with Crippen molar-refractivity contribution in [1.29, 1.82) is 5.26 Å². The highest BCUT2D eigenvalue weighted by atomic mass is 14.9. The van der Waals surface area contributed by atoms with Gasteiger partial charge in [0, 0.05) is 31.7 Å². The molecule has 80 valence electrons. The normalized spacial score (nSPS) is 9.75. The Balaban J connectivity index is 1.97. The Morgan fingerprint density at radius 1 is 1.25 bits per heavy atom. The van der Waals surface area contributed by atoms with Crippen LogP contribution in [-0.2, 0) is 13.6 Å². The van der Waals surface area contributed by atoms with E-state index in [1.54, 1.807) is 0 Å². The molecule has 1 heterocycles. The number of nitrogens with zero attached hydrogens (tertiary/aromatic N) is 2. The number of nitrogens with one attached hydrogen (secondary N) is 1. The molecule has 1 aromatic carbocycles. The molecule has 0 radical (unpaired) electrons. The number of benzene rings is 1. The molecule has 0 bridgehead atoms. The molecule has 1 aromatic heterocycles. The van der Waals surface area contributed by atoms with Gasteiger partial charge >= 0.3 is 0 Å². The molecule has 2 rings (SSSR count). The van der Waals surface area contributed by atoms with E-state index in [9.17, 15) is 0 Å². The van der Waals surface area contributed by atoms with Gasteiger partial charge in [-0.1, -0.05) is 0 Å². The van der Waals surface area contributed by atoms with Crippen LogP contribution in [0.3, 0.4) is 0 Å². The van der Waals surface area contributed by atoms with Gasteiger partial charge in [-0.25, -0.2) is 0 Å². The van der Waals surface area contributed by atoms with Gasteiger partial charge in [-0.15, -0.1) is 0 Å². The summed E-state index contributed by atoms with van der Waals surface area (Å²) in [5.74, 6) is 0. The molecule has 2 aromatic rings. The van der Waals surface area contributed by atoms with Gasteiger partial charge in [-0.2, -0.15) is 5.26 Å². The predicted octanol–water partition coefficient (Wildman–Crippen LogP) is 2.51. The molecule has 0 spiro atoms. The average Bonchev–Trinajstić information content (AvgIpc) is 2.73. The first-order valence-corrected chi connectivity index (χ1v) is 5.13. The van der Waals surface area contributed by atoms with Gasteiger partial charge < -0.3 is 9.88 Å². The number of hydrogen-bond donors (Lipinski definition) is 1. The van der Waals surface area contributed by atoms with Crippen LogP contribution in [0.2, 0.25) is 0 Å². The molecule has 0 amide bonds. The lowest BCUT2D eigenvalue weighted by molar-refractivity contribution is 0.920. The summed E-state index contributed by atoms with van der Waals surface area (Å²) >= 11 is 0. The number of hydrogen-bond acceptors (Lipinski definition) is 2. The lowest BCUT2D eigenvalue weighted by atomic mass is 10.2. The van der Waals surface area contributed by atoms with E-state index in [4.69, 9.17) is 5.26 Å². The summed E-state index contributed by atoms with van der Waals surface area (Å²) in [5.41, 5.74) is 2.96. The highest BCUT2D eigenvalue weighted by Crippen LogP contribution is 2.10. The van der Waals surface area contributed by atoms with Crippen molar-refractivity contribution in [3.8, 4) is 6.07 Å². The summed E-state index contributed by atoms with van der Waals surface area (Å²) in [6.45, 7) is 0.798. The highest BCUT2D eigenvalue weighted by molar-refractivity contribution is 5.47. The van der Waals surface area contributed by atoms with E-state index in [1.165, 1.54) is 5.56 Å². The second kappa shape index (κ2) is 4.54. The zero-order valence-electron chi connectivity index (χ0n) is 9.14. The van der Waals surface area contributed by atoms with Crippen molar-refractivity contribution in [2.45, 2.75) is 6.54 Å². The Labute approximate surface area is 94.9 Å². The Kier molecular flexibility index (Phi) is 2.93. The molecule has 0 aliphatic heterocycles. The molecule has 0 aliphatic carbocycles. The monoisotopic (exact) mass is 211 g/mol. The van der Waals surface area contributed by atoms with Crippen LogP contribution in [0.1, 0.15) is 11.1 Å². The van der Waals surface area contributed by atoms with Gasteiger partial charge in [0.1, 0.15) is 0 Å². The van der Waals surface area contributed by atoms with Gasteiger partial charge in [0.2, 0.25) is 0 Å². The van der Waals surface area contributed by atoms with Crippen molar-refractivity contribution in [1.82, 2.24) is 4.57 Å². The number of aromatic nitrogens is 1. The first kappa shape index (κ1) is 10.3. The van der Waals surface area contributed by atoms with E-state index in [1.807, 2.05) is 42.1 Å². The van der Waals surface area contributed by atoms with E-state index < -0.39 is 0 Å².